The first kappa shape index (κ1) is 15.7. The minimum absolute atomic E-state index is 0.603. The standard InChI is InChI=1S/C18H14N4OS/c1-13-12-24-18(21-13)22-20-11-15-3-2-4-17(9-15)23-16-7-5-14(10-19)6-8-16/h2-9,11-12H,1H3,(H,21,22). The van der Waals surface area contributed by atoms with Crippen LogP contribution in [0.2, 0.25) is 0 Å². The summed E-state index contributed by atoms with van der Waals surface area (Å²) >= 11 is 1.51. The lowest BCUT2D eigenvalue weighted by molar-refractivity contribution is 0.482. The molecule has 0 amide bonds. The Labute approximate surface area is 143 Å². The largest absolute Gasteiger partial charge is 0.457 e. The molecule has 0 aliphatic carbocycles. The van der Waals surface area contributed by atoms with Crippen LogP contribution in [0.1, 0.15) is 16.8 Å². The molecule has 6 heteroatoms. The number of nitriles is 1. The molecule has 0 unspecified atom stereocenters. The molecule has 0 aliphatic rings. The number of aryl methyl sites for hydroxylation is 1. The van der Waals surface area contributed by atoms with Gasteiger partial charge in [-0.25, -0.2) is 4.98 Å². The molecule has 0 atom stereocenters. The molecule has 2 aromatic carbocycles. The summed E-state index contributed by atoms with van der Waals surface area (Å²) in [7, 11) is 0. The van der Waals surface area contributed by atoms with Crippen molar-refractivity contribution in [2.75, 3.05) is 5.43 Å². The van der Waals surface area contributed by atoms with Gasteiger partial charge in [-0.3, -0.25) is 5.43 Å². The molecule has 1 heterocycles. The minimum atomic E-state index is 0.603. The van der Waals surface area contributed by atoms with Crippen molar-refractivity contribution in [1.82, 2.24) is 4.98 Å². The highest BCUT2D eigenvalue weighted by Crippen LogP contribution is 2.22. The number of anilines is 1. The molecular weight excluding hydrogens is 320 g/mol. The Bertz CT molecular complexity index is 894. The normalized spacial score (nSPS) is 10.5. The molecule has 0 bridgehead atoms. The van der Waals surface area contributed by atoms with Crippen molar-refractivity contribution in [2.45, 2.75) is 6.92 Å². The number of aromatic nitrogens is 1. The second-order valence-electron chi connectivity index (χ2n) is 4.97. The lowest BCUT2D eigenvalue weighted by Crippen LogP contribution is -1.91. The van der Waals surface area contributed by atoms with Crippen LogP contribution in [0.4, 0.5) is 5.13 Å². The van der Waals surface area contributed by atoms with Gasteiger partial charge in [-0.15, -0.1) is 11.3 Å². The second-order valence-corrected chi connectivity index (χ2v) is 5.83. The van der Waals surface area contributed by atoms with Crippen molar-refractivity contribution in [3.05, 3.63) is 70.7 Å². The quantitative estimate of drug-likeness (QED) is 0.548. The highest BCUT2D eigenvalue weighted by Gasteiger charge is 1.99. The number of benzene rings is 2. The third-order valence-electron chi connectivity index (χ3n) is 3.07. The fraction of sp³-hybridized carbons (Fsp3) is 0.0556. The number of nitrogens with zero attached hydrogens (tertiary/aromatic N) is 3. The van der Waals surface area contributed by atoms with Gasteiger partial charge in [-0.1, -0.05) is 12.1 Å². The van der Waals surface area contributed by atoms with E-state index in [1.54, 1.807) is 30.5 Å². The van der Waals surface area contributed by atoms with Crippen LogP contribution < -0.4 is 10.2 Å². The summed E-state index contributed by atoms with van der Waals surface area (Å²) in [6, 6.07) is 16.7. The van der Waals surface area contributed by atoms with Crippen LogP contribution in [-0.4, -0.2) is 11.2 Å². The van der Waals surface area contributed by atoms with Gasteiger partial charge in [0.2, 0.25) is 5.13 Å². The zero-order valence-corrected chi connectivity index (χ0v) is 13.7. The number of hydrogen-bond donors (Lipinski definition) is 1. The molecule has 5 nitrogen and oxygen atoms in total. The highest BCUT2D eigenvalue weighted by atomic mass is 32.1. The maximum atomic E-state index is 8.81. The van der Waals surface area contributed by atoms with Crippen molar-refractivity contribution in [3.63, 3.8) is 0 Å². The minimum Gasteiger partial charge on any atom is -0.457 e. The van der Waals surface area contributed by atoms with Crippen molar-refractivity contribution < 1.29 is 4.74 Å². The molecule has 24 heavy (non-hydrogen) atoms. The van der Waals surface area contributed by atoms with E-state index < -0.39 is 0 Å². The first-order chi connectivity index (χ1) is 11.7. The molecule has 1 aromatic heterocycles. The Kier molecular flexibility index (Phi) is 4.84. The summed E-state index contributed by atoms with van der Waals surface area (Å²) in [4.78, 5) is 4.28. The predicted molar refractivity (Wildman–Crippen MR) is 95.7 cm³/mol. The molecular formula is C18H14N4OS. The molecule has 3 rings (SSSR count). The van der Waals surface area contributed by atoms with Gasteiger partial charge in [0.15, 0.2) is 0 Å². The first-order valence-electron chi connectivity index (χ1n) is 7.22. The fourth-order valence-corrected chi connectivity index (χ4v) is 2.60. The molecule has 3 aromatic rings. The Morgan fingerprint density at radius 1 is 1.21 bits per heavy atom. The van der Waals surface area contributed by atoms with E-state index in [1.165, 1.54) is 11.3 Å². The van der Waals surface area contributed by atoms with Crippen molar-refractivity contribution in [1.29, 1.82) is 5.26 Å². The highest BCUT2D eigenvalue weighted by molar-refractivity contribution is 7.13. The summed E-state index contributed by atoms with van der Waals surface area (Å²) in [5.74, 6) is 1.38. The van der Waals surface area contributed by atoms with Gasteiger partial charge in [0.1, 0.15) is 11.5 Å². The van der Waals surface area contributed by atoms with Crippen molar-refractivity contribution >= 4 is 22.7 Å². The van der Waals surface area contributed by atoms with Gasteiger partial charge >= 0.3 is 0 Å². The van der Waals surface area contributed by atoms with Crippen LogP contribution in [-0.2, 0) is 0 Å². The molecule has 0 saturated carbocycles. The predicted octanol–water partition coefficient (Wildman–Crippen LogP) is 4.56. The summed E-state index contributed by atoms with van der Waals surface area (Å²) in [5.41, 5.74) is 5.38. The fourth-order valence-electron chi connectivity index (χ4n) is 1.96. The van der Waals surface area contributed by atoms with Gasteiger partial charge in [0, 0.05) is 5.38 Å². The third kappa shape index (κ3) is 4.18. The molecule has 0 fully saturated rings. The van der Waals surface area contributed by atoms with Crippen LogP contribution in [0.25, 0.3) is 0 Å². The summed E-state index contributed by atoms with van der Waals surface area (Å²) in [6.45, 7) is 1.94. The van der Waals surface area contributed by atoms with E-state index in [0.29, 0.717) is 17.1 Å². The van der Waals surface area contributed by atoms with Crippen LogP contribution in [0.15, 0.2) is 59.0 Å². The van der Waals surface area contributed by atoms with Gasteiger partial charge in [-0.05, 0) is 48.9 Å². The Morgan fingerprint density at radius 3 is 2.75 bits per heavy atom. The SMILES string of the molecule is Cc1csc(NN=Cc2cccc(Oc3ccc(C#N)cc3)c2)n1. The van der Waals surface area contributed by atoms with E-state index in [4.69, 9.17) is 10.00 Å². The van der Waals surface area contributed by atoms with Crippen LogP contribution in [0, 0.1) is 18.3 Å². The van der Waals surface area contributed by atoms with Crippen molar-refractivity contribution in [2.24, 2.45) is 5.10 Å². The number of ether oxygens (including phenoxy) is 1. The number of hydrazone groups is 1. The lowest BCUT2D eigenvalue weighted by Gasteiger charge is -2.06. The summed E-state index contributed by atoms with van der Waals surface area (Å²) < 4.78 is 5.78. The molecule has 118 valence electrons. The Hall–Kier alpha value is -3.17. The van der Waals surface area contributed by atoms with E-state index in [2.05, 4.69) is 21.6 Å². The van der Waals surface area contributed by atoms with Crippen LogP contribution in [0.3, 0.4) is 0 Å². The zero-order valence-electron chi connectivity index (χ0n) is 12.9. The molecule has 0 saturated heterocycles. The maximum Gasteiger partial charge on any atom is 0.203 e. The first-order valence-corrected chi connectivity index (χ1v) is 8.10. The average molecular weight is 334 g/mol. The monoisotopic (exact) mass is 334 g/mol. The summed E-state index contributed by atoms with van der Waals surface area (Å²) in [6.07, 6.45) is 1.71. The van der Waals surface area contributed by atoms with E-state index in [-0.39, 0.29) is 0 Å². The van der Waals surface area contributed by atoms with Gasteiger partial charge < -0.3 is 4.74 Å². The number of hydrogen-bond acceptors (Lipinski definition) is 6. The summed E-state index contributed by atoms with van der Waals surface area (Å²) in [5, 5.41) is 15.7. The lowest BCUT2D eigenvalue weighted by atomic mass is 10.2. The molecule has 0 aliphatic heterocycles. The number of thiazole rings is 1. The molecule has 0 spiro atoms. The van der Waals surface area contributed by atoms with Crippen molar-refractivity contribution in [3.8, 4) is 17.6 Å². The number of rotatable bonds is 5. The van der Waals surface area contributed by atoms with E-state index in [1.807, 2.05) is 36.6 Å². The van der Waals surface area contributed by atoms with E-state index >= 15 is 0 Å². The van der Waals surface area contributed by atoms with Gasteiger partial charge in [0.25, 0.3) is 0 Å². The Balaban J connectivity index is 1.66. The Morgan fingerprint density at radius 2 is 2.04 bits per heavy atom. The van der Waals surface area contributed by atoms with Crippen LogP contribution >= 0.6 is 11.3 Å². The second kappa shape index (κ2) is 7.40. The van der Waals surface area contributed by atoms with E-state index in [0.717, 1.165) is 16.4 Å². The molecule has 1 N–H and O–H groups in total. The molecule has 0 radical (unpaired) electrons. The number of nitrogens with one attached hydrogen (secondary N) is 1. The van der Waals surface area contributed by atoms with E-state index in [9.17, 15) is 0 Å². The topological polar surface area (TPSA) is 70.3 Å². The smallest absolute Gasteiger partial charge is 0.203 e. The maximum absolute atomic E-state index is 8.81. The van der Waals surface area contributed by atoms with Gasteiger partial charge in [-0.2, -0.15) is 10.4 Å². The van der Waals surface area contributed by atoms with Gasteiger partial charge in [0.05, 0.1) is 23.5 Å². The zero-order chi connectivity index (χ0) is 16.8. The van der Waals surface area contributed by atoms with Crippen LogP contribution in [0.5, 0.6) is 11.5 Å². The third-order valence-corrected chi connectivity index (χ3v) is 3.93. The average Bonchev–Trinajstić information content (AvgIpc) is 3.01.